The van der Waals surface area contributed by atoms with Gasteiger partial charge in [0.25, 0.3) is 5.91 Å². The highest BCUT2D eigenvalue weighted by Gasteiger charge is 2.28. The van der Waals surface area contributed by atoms with Crippen LogP contribution in [0, 0.1) is 6.92 Å². The summed E-state index contributed by atoms with van der Waals surface area (Å²) in [5, 5.41) is 12.2. The number of amides is 3. The van der Waals surface area contributed by atoms with Crippen LogP contribution in [-0.2, 0) is 0 Å². The molecule has 0 aliphatic carbocycles. The predicted octanol–water partition coefficient (Wildman–Crippen LogP) is 1.69. The Kier molecular flexibility index (Phi) is 5.03. The number of hydrogen-bond donors (Lipinski definition) is 2. The van der Waals surface area contributed by atoms with Gasteiger partial charge in [0.05, 0.1) is 12.6 Å². The van der Waals surface area contributed by atoms with Gasteiger partial charge in [-0.15, -0.1) is 0 Å². The minimum atomic E-state index is -0.228. The molecule has 0 unspecified atom stereocenters. The first-order valence-corrected chi connectivity index (χ1v) is 7.45. The van der Waals surface area contributed by atoms with E-state index >= 15 is 0 Å². The normalized spacial score (nSPS) is 17.5. The third-order valence-corrected chi connectivity index (χ3v) is 3.98. The van der Waals surface area contributed by atoms with Gasteiger partial charge in [-0.1, -0.05) is 6.07 Å². The molecule has 1 saturated heterocycles. The van der Waals surface area contributed by atoms with Crippen LogP contribution in [0.2, 0.25) is 0 Å². The van der Waals surface area contributed by atoms with E-state index in [0.717, 1.165) is 18.4 Å². The van der Waals surface area contributed by atoms with E-state index in [0.29, 0.717) is 17.8 Å². The van der Waals surface area contributed by atoms with Gasteiger partial charge in [0.1, 0.15) is 0 Å². The number of likely N-dealkylation sites (tertiary alicyclic amines) is 1. The molecule has 3 amide bonds. The third-order valence-electron chi connectivity index (χ3n) is 3.98. The van der Waals surface area contributed by atoms with E-state index in [1.807, 2.05) is 13.0 Å². The zero-order valence-corrected chi connectivity index (χ0v) is 13.3. The smallest absolute Gasteiger partial charge is 0.322 e. The van der Waals surface area contributed by atoms with Crippen molar-refractivity contribution in [2.45, 2.75) is 25.8 Å². The molecule has 1 fully saturated rings. The van der Waals surface area contributed by atoms with Gasteiger partial charge in [-0.3, -0.25) is 4.79 Å². The van der Waals surface area contributed by atoms with Crippen LogP contribution < -0.4 is 5.32 Å². The zero-order valence-electron chi connectivity index (χ0n) is 13.3. The number of carbonyl (C=O) groups excluding carboxylic acids is 2. The van der Waals surface area contributed by atoms with Crippen molar-refractivity contribution in [3.05, 3.63) is 29.3 Å². The molecule has 0 radical (unpaired) electrons. The largest absolute Gasteiger partial charge is 0.394 e. The quantitative estimate of drug-likeness (QED) is 0.892. The first kappa shape index (κ1) is 16.3. The van der Waals surface area contributed by atoms with Crippen molar-refractivity contribution in [1.82, 2.24) is 9.80 Å². The summed E-state index contributed by atoms with van der Waals surface area (Å²) in [6.07, 6.45) is 1.72. The molecule has 1 aromatic carbocycles. The summed E-state index contributed by atoms with van der Waals surface area (Å²) in [7, 11) is 3.38. The Morgan fingerprint density at radius 1 is 1.41 bits per heavy atom. The van der Waals surface area contributed by atoms with E-state index in [1.54, 1.807) is 31.1 Å². The van der Waals surface area contributed by atoms with Crippen LogP contribution in [0.15, 0.2) is 18.2 Å². The van der Waals surface area contributed by atoms with Gasteiger partial charge >= 0.3 is 6.03 Å². The fourth-order valence-corrected chi connectivity index (χ4v) is 2.63. The number of carbonyl (C=O) groups is 2. The van der Waals surface area contributed by atoms with Crippen molar-refractivity contribution in [2.75, 3.05) is 32.6 Å². The molecule has 0 bridgehead atoms. The van der Waals surface area contributed by atoms with Gasteiger partial charge in [-0.25, -0.2) is 4.79 Å². The van der Waals surface area contributed by atoms with Crippen LogP contribution in [0.4, 0.5) is 10.5 Å². The molecule has 0 saturated carbocycles. The number of aryl methyl sites for hydroxylation is 1. The van der Waals surface area contributed by atoms with Gasteiger partial charge in [0.2, 0.25) is 0 Å². The van der Waals surface area contributed by atoms with Gasteiger partial charge in [-0.2, -0.15) is 0 Å². The first-order chi connectivity index (χ1) is 10.4. The van der Waals surface area contributed by atoms with Gasteiger partial charge < -0.3 is 20.2 Å². The maximum atomic E-state index is 12.4. The molecule has 1 aromatic rings. The van der Waals surface area contributed by atoms with Crippen molar-refractivity contribution >= 4 is 17.6 Å². The second kappa shape index (κ2) is 6.79. The second-order valence-corrected chi connectivity index (χ2v) is 5.83. The minimum absolute atomic E-state index is 0.0223. The van der Waals surface area contributed by atoms with Crippen LogP contribution in [0.3, 0.4) is 0 Å². The molecule has 2 rings (SSSR count). The molecule has 1 heterocycles. The maximum Gasteiger partial charge on any atom is 0.322 e. The predicted molar refractivity (Wildman–Crippen MR) is 85.0 cm³/mol. The van der Waals surface area contributed by atoms with Crippen molar-refractivity contribution in [3.63, 3.8) is 0 Å². The second-order valence-electron chi connectivity index (χ2n) is 5.83. The summed E-state index contributed by atoms with van der Waals surface area (Å²) in [5.74, 6) is -0.107. The Bertz CT molecular complexity index is 572. The lowest BCUT2D eigenvalue weighted by atomic mass is 10.1. The molecule has 1 aliphatic heterocycles. The summed E-state index contributed by atoms with van der Waals surface area (Å²) in [5.41, 5.74) is 2.05. The average molecular weight is 305 g/mol. The summed E-state index contributed by atoms with van der Waals surface area (Å²) in [6.45, 7) is 2.50. The van der Waals surface area contributed by atoms with Crippen LogP contribution in [0.1, 0.15) is 28.8 Å². The third kappa shape index (κ3) is 3.39. The molecule has 6 heteroatoms. The van der Waals surface area contributed by atoms with E-state index in [1.165, 1.54) is 4.90 Å². The van der Waals surface area contributed by atoms with Crippen LogP contribution in [0.25, 0.3) is 0 Å². The maximum absolute atomic E-state index is 12.4. The van der Waals surface area contributed by atoms with Crippen LogP contribution in [-0.4, -0.2) is 60.1 Å². The standard InChI is InChI=1S/C16H23N3O3/c1-11-6-7-12(15(21)18(2)3)9-14(11)17-16(22)19-8-4-5-13(19)10-20/h6-7,9,13,20H,4-5,8,10H2,1-3H3,(H,17,22)/t13-/m1/s1. The number of urea groups is 1. The Labute approximate surface area is 130 Å². The van der Waals surface area contributed by atoms with Crippen molar-refractivity contribution in [1.29, 1.82) is 0 Å². The van der Waals surface area contributed by atoms with Gasteiger partial charge in [-0.05, 0) is 37.5 Å². The monoisotopic (exact) mass is 305 g/mol. The molecule has 1 aliphatic rings. The lowest BCUT2D eigenvalue weighted by Gasteiger charge is -2.24. The van der Waals surface area contributed by atoms with E-state index in [-0.39, 0.29) is 24.6 Å². The number of aliphatic hydroxyl groups excluding tert-OH is 1. The number of rotatable bonds is 3. The highest BCUT2D eigenvalue weighted by atomic mass is 16.3. The summed E-state index contributed by atoms with van der Waals surface area (Å²) >= 11 is 0. The summed E-state index contributed by atoms with van der Waals surface area (Å²) < 4.78 is 0. The van der Waals surface area contributed by atoms with E-state index in [2.05, 4.69) is 5.32 Å². The number of aliphatic hydroxyl groups is 1. The van der Waals surface area contributed by atoms with Crippen LogP contribution in [0.5, 0.6) is 0 Å². The Hall–Kier alpha value is -2.08. The topological polar surface area (TPSA) is 72.9 Å². The Morgan fingerprint density at radius 2 is 2.14 bits per heavy atom. The molecular weight excluding hydrogens is 282 g/mol. The first-order valence-electron chi connectivity index (χ1n) is 7.45. The number of nitrogens with one attached hydrogen (secondary N) is 1. The number of anilines is 1. The Morgan fingerprint density at radius 3 is 2.77 bits per heavy atom. The van der Waals surface area contributed by atoms with Crippen molar-refractivity contribution in [3.8, 4) is 0 Å². The fraction of sp³-hybridized carbons (Fsp3) is 0.500. The molecule has 6 nitrogen and oxygen atoms in total. The zero-order chi connectivity index (χ0) is 16.3. The lowest BCUT2D eigenvalue weighted by molar-refractivity contribution is 0.0827. The van der Waals surface area contributed by atoms with Crippen molar-refractivity contribution in [2.24, 2.45) is 0 Å². The molecule has 0 spiro atoms. The molecule has 2 N–H and O–H groups in total. The van der Waals surface area contributed by atoms with E-state index in [9.17, 15) is 14.7 Å². The van der Waals surface area contributed by atoms with Gasteiger partial charge in [0, 0.05) is 31.9 Å². The fourth-order valence-electron chi connectivity index (χ4n) is 2.63. The highest BCUT2D eigenvalue weighted by Crippen LogP contribution is 2.21. The van der Waals surface area contributed by atoms with Gasteiger partial charge in [0.15, 0.2) is 0 Å². The minimum Gasteiger partial charge on any atom is -0.394 e. The van der Waals surface area contributed by atoms with E-state index in [4.69, 9.17) is 0 Å². The van der Waals surface area contributed by atoms with E-state index < -0.39 is 0 Å². The molecule has 22 heavy (non-hydrogen) atoms. The SMILES string of the molecule is Cc1ccc(C(=O)N(C)C)cc1NC(=O)N1CCC[C@@H]1CO. The molecular formula is C16H23N3O3. The number of hydrogen-bond acceptors (Lipinski definition) is 3. The van der Waals surface area contributed by atoms with Crippen LogP contribution >= 0.6 is 0 Å². The highest BCUT2D eigenvalue weighted by molar-refractivity contribution is 5.97. The average Bonchev–Trinajstić information content (AvgIpc) is 2.97. The van der Waals surface area contributed by atoms with Crippen molar-refractivity contribution < 1.29 is 14.7 Å². The lowest BCUT2D eigenvalue weighted by Crippen LogP contribution is -2.40. The summed E-state index contributed by atoms with van der Waals surface area (Å²) in [6, 6.07) is 4.92. The molecule has 120 valence electrons. The Balaban J connectivity index is 2.16. The molecule has 1 atom stereocenters. The summed E-state index contributed by atoms with van der Waals surface area (Å²) in [4.78, 5) is 27.5. The number of nitrogens with zero attached hydrogens (tertiary/aromatic N) is 2. The molecule has 0 aromatic heterocycles. The number of benzene rings is 1.